The van der Waals surface area contributed by atoms with E-state index in [0.29, 0.717) is 0 Å². The van der Waals surface area contributed by atoms with E-state index in [-0.39, 0.29) is 11.4 Å². The van der Waals surface area contributed by atoms with Gasteiger partial charge in [0.25, 0.3) is 0 Å². The minimum Gasteiger partial charge on any atom is -0.207 e. The summed E-state index contributed by atoms with van der Waals surface area (Å²) >= 11 is 1.58. The van der Waals surface area contributed by atoms with Gasteiger partial charge in [0.1, 0.15) is 10.7 Å². The molecule has 0 aliphatic carbocycles. The van der Waals surface area contributed by atoms with Gasteiger partial charge in [0, 0.05) is 6.54 Å². The summed E-state index contributed by atoms with van der Waals surface area (Å²) in [6.07, 6.45) is 0. The van der Waals surface area contributed by atoms with Gasteiger partial charge in [-0.15, -0.1) is 0 Å². The van der Waals surface area contributed by atoms with Gasteiger partial charge < -0.3 is 0 Å². The van der Waals surface area contributed by atoms with Crippen molar-refractivity contribution in [2.75, 3.05) is 0 Å². The summed E-state index contributed by atoms with van der Waals surface area (Å²) in [6, 6.07) is 14.9. The molecule has 0 aliphatic rings. The summed E-state index contributed by atoms with van der Waals surface area (Å²) in [5.74, 6) is -0.758. The van der Waals surface area contributed by atoms with E-state index in [1.54, 1.807) is 11.3 Å². The molecule has 118 valence electrons. The number of hydrogen-bond acceptors (Lipinski definition) is 3. The van der Waals surface area contributed by atoms with Crippen LogP contribution < -0.4 is 4.72 Å². The first kappa shape index (κ1) is 15.9. The first-order valence-electron chi connectivity index (χ1n) is 6.92. The zero-order valence-corrected chi connectivity index (χ0v) is 13.7. The van der Waals surface area contributed by atoms with Gasteiger partial charge in [-0.3, -0.25) is 0 Å². The molecular formula is C17H14FNO2S2. The van der Waals surface area contributed by atoms with E-state index in [1.165, 1.54) is 18.2 Å². The molecule has 0 radical (unpaired) electrons. The summed E-state index contributed by atoms with van der Waals surface area (Å²) in [5.41, 5.74) is 2.84. The third-order valence-corrected chi connectivity index (χ3v) is 5.55. The Morgan fingerprint density at radius 2 is 1.74 bits per heavy atom. The molecule has 6 heteroatoms. The Morgan fingerprint density at radius 3 is 2.48 bits per heavy atom. The molecule has 3 nitrogen and oxygen atoms in total. The van der Waals surface area contributed by atoms with Crippen LogP contribution in [0.1, 0.15) is 5.56 Å². The van der Waals surface area contributed by atoms with E-state index >= 15 is 0 Å². The predicted octanol–water partition coefficient (Wildman–Crippen LogP) is 4.03. The number of rotatable bonds is 5. The highest BCUT2D eigenvalue weighted by Crippen LogP contribution is 2.26. The fraction of sp³-hybridized carbons (Fsp3) is 0.0588. The Balaban J connectivity index is 1.86. The molecule has 1 N–H and O–H groups in total. The topological polar surface area (TPSA) is 46.2 Å². The Morgan fingerprint density at radius 1 is 1.00 bits per heavy atom. The van der Waals surface area contributed by atoms with Crippen molar-refractivity contribution in [1.82, 2.24) is 4.72 Å². The molecule has 1 heterocycles. The first-order chi connectivity index (χ1) is 11.1. The fourth-order valence-electron chi connectivity index (χ4n) is 2.29. The van der Waals surface area contributed by atoms with Crippen molar-refractivity contribution in [3.8, 4) is 11.1 Å². The Hall–Kier alpha value is -2.02. The molecule has 3 rings (SSSR count). The third kappa shape index (κ3) is 3.50. The van der Waals surface area contributed by atoms with Crippen molar-refractivity contribution >= 4 is 21.4 Å². The number of halogens is 1. The van der Waals surface area contributed by atoms with Crippen LogP contribution in [0.4, 0.5) is 4.39 Å². The first-order valence-corrected chi connectivity index (χ1v) is 9.35. The second-order valence-electron chi connectivity index (χ2n) is 4.92. The zero-order chi connectivity index (χ0) is 16.3. The highest BCUT2D eigenvalue weighted by molar-refractivity contribution is 7.89. The lowest BCUT2D eigenvalue weighted by molar-refractivity contribution is 0.557. The van der Waals surface area contributed by atoms with Gasteiger partial charge in [0.05, 0.1) is 0 Å². The monoisotopic (exact) mass is 347 g/mol. The average Bonchev–Trinajstić information content (AvgIpc) is 3.08. The lowest BCUT2D eigenvalue weighted by Gasteiger charge is -2.11. The Kier molecular flexibility index (Phi) is 4.56. The molecule has 0 atom stereocenters. The van der Waals surface area contributed by atoms with Gasteiger partial charge in [-0.1, -0.05) is 36.4 Å². The molecule has 0 amide bonds. The van der Waals surface area contributed by atoms with Gasteiger partial charge in [-0.05, 0) is 45.6 Å². The molecule has 0 aliphatic heterocycles. The summed E-state index contributed by atoms with van der Waals surface area (Å²) in [4.78, 5) is -0.340. The molecule has 3 aromatic rings. The molecule has 1 aromatic heterocycles. The van der Waals surface area contributed by atoms with E-state index in [4.69, 9.17) is 0 Å². The highest BCUT2D eigenvalue weighted by atomic mass is 32.2. The molecule has 0 saturated heterocycles. The molecule has 0 unspecified atom stereocenters. The molecule has 2 aromatic carbocycles. The average molecular weight is 347 g/mol. The second kappa shape index (κ2) is 6.62. The minimum absolute atomic E-state index is 0.0999. The molecular weight excluding hydrogens is 333 g/mol. The van der Waals surface area contributed by atoms with E-state index < -0.39 is 15.8 Å². The molecule has 0 saturated carbocycles. The molecule has 0 bridgehead atoms. The molecule has 0 spiro atoms. The van der Waals surface area contributed by atoms with E-state index in [1.807, 2.05) is 41.1 Å². The SMILES string of the molecule is O=S(=O)(NCc1ccccc1-c1ccsc1)c1ccccc1F. The maximum Gasteiger partial charge on any atom is 0.243 e. The number of nitrogens with one attached hydrogen (secondary N) is 1. The lowest BCUT2D eigenvalue weighted by Crippen LogP contribution is -2.24. The van der Waals surface area contributed by atoms with Crippen LogP contribution in [-0.4, -0.2) is 8.42 Å². The number of thiophene rings is 1. The maximum absolute atomic E-state index is 13.7. The molecule has 0 fully saturated rings. The zero-order valence-electron chi connectivity index (χ0n) is 12.1. The van der Waals surface area contributed by atoms with Gasteiger partial charge >= 0.3 is 0 Å². The van der Waals surface area contributed by atoms with Crippen molar-refractivity contribution in [2.24, 2.45) is 0 Å². The standard InChI is InChI=1S/C17H14FNO2S2/c18-16-7-3-4-8-17(16)23(20,21)19-11-13-5-1-2-6-15(13)14-9-10-22-12-14/h1-10,12,19H,11H2. The number of sulfonamides is 1. The van der Waals surface area contributed by atoms with Gasteiger partial charge in [0.2, 0.25) is 10.0 Å². The lowest BCUT2D eigenvalue weighted by atomic mass is 10.0. The Bertz CT molecular complexity index is 906. The van der Waals surface area contributed by atoms with Crippen molar-refractivity contribution in [2.45, 2.75) is 11.4 Å². The van der Waals surface area contributed by atoms with Crippen LogP contribution in [0.25, 0.3) is 11.1 Å². The van der Waals surface area contributed by atoms with Crippen LogP contribution in [0.3, 0.4) is 0 Å². The summed E-state index contributed by atoms with van der Waals surface area (Å²) in [6.45, 7) is 0.0999. The van der Waals surface area contributed by atoms with E-state index in [2.05, 4.69) is 4.72 Å². The van der Waals surface area contributed by atoms with Crippen molar-refractivity contribution < 1.29 is 12.8 Å². The quantitative estimate of drug-likeness (QED) is 0.757. The minimum atomic E-state index is -3.90. The van der Waals surface area contributed by atoms with Crippen LogP contribution >= 0.6 is 11.3 Å². The van der Waals surface area contributed by atoms with Crippen molar-refractivity contribution in [3.05, 3.63) is 76.7 Å². The number of benzene rings is 2. The summed E-state index contributed by atoms with van der Waals surface area (Å²) in [5, 5.41) is 3.97. The van der Waals surface area contributed by atoms with Crippen LogP contribution in [0.2, 0.25) is 0 Å². The summed E-state index contributed by atoms with van der Waals surface area (Å²) < 4.78 is 40.7. The number of hydrogen-bond donors (Lipinski definition) is 1. The fourth-order valence-corrected chi connectivity index (χ4v) is 4.03. The smallest absolute Gasteiger partial charge is 0.207 e. The van der Waals surface area contributed by atoms with Crippen LogP contribution in [0, 0.1) is 5.82 Å². The highest BCUT2D eigenvalue weighted by Gasteiger charge is 2.18. The van der Waals surface area contributed by atoms with Crippen LogP contribution in [0.15, 0.2) is 70.3 Å². The van der Waals surface area contributed by atoms with Crippen molar-refractivity contribution in [1.29, 1.82) is 0 Å². The van der Waals surface area contributed by atoms with Gasteiger partial charge in [0.15, 0.2) is 0 Å². The van der Waals surface area contributed by atoms with Crippen LogP contribution in [-0.2, 0) is 16.6 Å². The largest absolute Gasteiger partial charge is 0.243 e. The summed E-state index contributed by atoms with van der Waals surface area (Å²) in [7, 11) is -3.90. The van der Waals surface area contributed by atoms with Crippen LogP contribution in [0.5, 0.6) is 0 Å². The normalized spacial score (nSPS) is 11.5. The molecule has 23 heavy (non-hydrogen) atoms. The maximum atomic E-state index is 13.7. The van der Waals surface area contributed by atoms with E-state index in [9.17, 15) is 12.8 Å². The Labute approximate surface area is 138 Å². The van der Waals surface area contributed by atoms with Crippen molar-refractivity contribution in [3.63, 3.8) is 0 Å². The van der Waals surface area contributed by atoms with E-state index in [0.717, 1.165) is 22.8 Å². The van der Waals surface area contributed by atoms with Gasteiger partial charge in [-0.2, -0.15) is 11.3 Å². The third-order valence-electron chi connectivity index (χ3n) is 3.43. The van der Waals surface area contributed by atoms with Gasteiger partial charge in [-0.25, -0.2) is 17.5 Å². The predicted molar refractivity (Wildman–Crippen MR) is 90.2 cm³/mol. The second-order valence-corrected chi connectivity index (χ2v) is 7.44.